The summed E-state index contributed by atoms with van der Waals surface area (Å²) in [6.45, 7) is 0. The Morgan fingerprint density at radius 3 is 2.58 bits per heavy atom. The van der Waals surface area contributed by atoms with Gasteiger partial charge in [-0.2, -0.15) is 13.2 Å². The molecule has 0 unspecified atom stereocenters. The zero-order valence-electron chi connectivity index (χ0n) is 10.3. The highest BCUT2D eigenvalue weighted by atomic mass is 19.4. The van der Waals surface area contributed by atoms with E-state index in [9.17, 15) is 18.0 Å². The summed E-state index contributed by atoms with van der Waals surface area (Å²) < 4.78 is 38.0. The topological polar surface area (TPSA) is 42.0 Å². The minimum Gasteiger partial charge on any atom is -0.349 e. The molecule has 1 heterocycles. The lowest BCUT2D eigenvalue weighted by molar-refractivity contribution is -0.183. The molecule has 2 rings (SSSR count). The van der Waals surface area contributed by atoms with Crippen molar-refractivity contribution in [3.8, 4) is 0 Å². The van der Waals surface area contributed by atoms with Crippen LogP contribution in [0.1, 0.15) is 36.0 Å². The minimum atomic E-state index is -4.17. The molecule has 0 radical (unpaired) electrons. The number of carbonyl (C=O) groups is 1. The third kappa shape index (κ3) is 3.68. The molecule has 1 amide bonds. The largest absolute Gasteiger partial charge is 0.391 e. The van der Waals surface area contributed by atoms with Gasteiger partial charge < -0.3 is 5.32 Å². The summed E-state index contributed by atoms with van der Waals surface area (Å²) >= 11 is 0. The number of alkyl halides is 3. The van der Waals surface area contributed by atoms with Crippen LogP contribution in [0.2, 0.25) is 0 Å². The number of amides is 1. The quantitative estimate of drug-likeness (QED) is 0.899. The van der Waals surface area contributed by atoms with Gasteiger partial charge in [0.15, 0.2) is 0 Å². The van der Waals surface area contributed by atoms with E-state index in [0.717, 1.165) is 0 Å². The molecule has 19 heavy (non-hydrogen) atoms. The Kier molecular flexibility index (Phi) is 4.07. The van der Waals surface area contributed by atoms with E-state index in [4.69, 9.17) is 0 Å². The molecule has 1 aliphatic rings. The fraction of sp³-hybridized carbons (Fsp3) is 0.538. The van der Waals surface area contributed by atoms with E-state index in [1.807, 2.05) is 0 Å². The molecule has 104 valence electrons. The number of aromatic nitrogens is 1. The molecule has 0 bridgehead atoms. The number of halogens is 3. The lowest BCUT2D eigenvalue weighted by Crippen LogP contribution is -2.41. The van der Waals surface area contributed by atoms with Crippen molar-refractivity contribution in [1.29, 1.82) is 0 Å². The first-order valence-corrected chi connectivity index (χ1v) is 6.24. The van der Waals surface area contributed by atoms with Gasteiger partial charge >= 0.3 is 6.18 Å². The standard InChI is InChI=1S/C13H15F3N2O/c14-13(15,16)10-2-1-3-11(8-10)18-12(19)9-4-6-17-7-5-9/h4-7,10-11H,1-3,8H2,(H,18,19)/t10-,11-/m1/s1. The van der Waals surface area contributed by atoms with Crippen LogP contribution in [-0.4, -0.2) is 23.1 Å². The summed E-state index contributed by atoms with van der Waals surface area (Å²) in [4.78, 5) is 15.6. The first kappa shape index (κ1) is 13.8. The number of hydrogen-bond donors (Lipinski definition) is 1. The van der Waals surface area contributed by atoms with Crippen molar-refractivity contribution in [1.82, 2.24) is 10.3 Å². The molecule has 3 nitrogen and oxygen atoms in total. The van der Waals surface area contributed by atoms with Crippen molar-refractivity contribution in [2.75, 3.05) is 0 Å². The Bertz CT molecular complexity index is 433. The average Bonchev–Trinajstić information content (AvgIpc) is 2.39. The highest BCUT2D eigenvalue weighted by molar-refractivity contribution is 5.94. The summed E-state index contributed by atoms with van der Waals surface area (Å²) in [6, 6.07) is 2.68. The molecule has 0 saturated heterocycles. The summed E-state index contributed by atoms with van der Waals surface area (Å²) in [5.41, 5.74) is 0.420. The summed E-state index contributed by atoms with van der Waals surface area (Å²) in [5, 5.41) is 2.67. The van der Waals surface area contributed by atoms with E-state index in [0.29, 0.717) is 18.4 Å². The second-order valence-electron chi connectivity index (χ2n) is 4.81. The first-order valence-electron chi connectivity index (χ1n) is 6.24. The van der Waals surface area contributed by atoms with Crippen LogP contribution in [0.4, 0.5) is 13.2 Å². The third-order valence-electron chi connectivity index (χ3n) is 3.41. The summed E-state index contributed by atoms with van der Waals surface area (Å²) in [6.07, 6.45) is 0.0169. The van der Waals surface area contributed by atoms with E-state index in [1.165, 1.54) is 12.4 Å². The molecular weight excluding hydrogens is 257 g/mol. The van der Waals surface area contributed by atoms with Gasteiger partial charge in [-0.05, 0) is 31.4 Å². The number of rotatable bonds is 2. The van der Waals surface area contributed by atoms with Crippen molar-refractivity contribution in [3.05, 3.63) is 30.1 Å². The number of pyridine rings is 1. The molecule has 1 aromatic heterocycles. The Morgan fingerprint density at radius 1 is 1.26 bits per heavy atom. The lowest BCUT2D eigenvalue weighted by atomic mass is 9.85. The van der Waals surface area contributed by atoms with Gasteiger partial charge in [0.1, 0.15) is 0 Å². The van der Waals surface area contributed by atoms with Gasteiger partial charge in [0, 0.05) is 24.0 Å². The average molecular weight is 272 g/mol. The van der Waals surface area contributed by atoms with Crippen molar-refractivity contribution in [2.24, 2.45) is 5.92 Å². The molecule has 1 saturated carbocycles. The summed E-state index contributed by atoms with van der Waals surface area (Å²) in [7, 11) is 0. The molecule has 2 atom stereocenters. The number of hydrogen-bond acceptors (Lipinski definition) is 2. The van der Waals surface area contributed by atoms with Crippen molar-refractivity contribution in [2.45, 2.75) is 37.9 Å². The van der Waals surface area contributed by atoms with Crippen LogP contribution in [0.15, 0.2) is 24.5 Å². The van der Waals surface area contributed by atoms with Crippen molar-refractivity contribution in [3.63, 3.8) is 0 Å². The highest BCUT2D eigenvalue weighted by Gasteiger charge is 2.42. The maximum absolute atomic E-state index is 12.7. The fourth-order valence-corrected chi connectivity index (χ4v) is 2.39. The molecule has 1 aromatic rings. The van der Waals surface area contributed by atoms with Gasteiger partial charge in [-0.3, -0.25) is 9.78 Å². The zero-order valence-corrected chi connectivity index (χ0v) is 10.3. The Morgan fingerprint density at radius 2 is 1.95 bits per heavy atom. The van der Waals surface area contributed by atoms with Crippen LogP contribution >= 0.6 is 0 Å². The van der Waals surface area contributed by atoms with E-state index < -0.39 is 18.1 Å². The number of nitrogens with zero attached hydrogens (tertiary/aromatic N) is 1. The summed E-state index contributed by atoms with van der Waals surface area (Å²) in [5.74, 6) is -1.64. The van der Waals surface area contributed by atoms with E-state index >= 15 is 0 Å². The van der Waals surface area contributed by atoms with Crippen LogP contribution in [-0.2, 0) is 0 Å². The van der Waals surface area contributed by atoms with Gasteiger partial charge in [-0.25, -0.2) is 0 Å². The number of carbonyl (C=O) groups excluding carboxylic acids is 1. The van der Waals surface area contributed by atoms with Crippen LogP contribution in [0.3, 0.4) is 0 Å². The fourth-order valence-electron chi connectivity index (χ4n) is 2.39. The van der Waals surface area contributed by atoms with E-state index in [1.54, 1.807) is 12.1 Å². The van der Waals surface area contributed by atoms with Crippen LogP contribution in [0, 0.1) is 5.92 Å². The smallest absolute Gasteiger partial charge is 0.349 e. The maximum Gasteiger partial charge on any atom is 0.391 e. The van der Waals surface area contributed by atoms with Gasteiger partial charge in [0.25, 0.3) is 5.91 Å². The van der Waals surface area contributed by atoms with Gasteiger partial charge in [-0.1, -0.05) is 6.42 Å². The predicted molar refractivity (Wildman–Crippen MR) is 63.5 cm³/mol. The Hall–Kier alpha value is -1.59. The van der Waals surface area contributed by atoms with Gasteiger partial charge in [0.2, 0.25) is 0 Å². The molecule has 1 N–H and O–H groups in total. The molecule has 0 spiro atoms. The minimum absolute atomic E-state index is 0.0275. The van der Waals surface area contributed by atoms with Crippen LogP contribution < -0.4 is 5.32 Å². The molecule has 1 aliphatic carbocycles. The second kappa shape index (κ2) is 5.59. The zero-order chi connectivity index (χ0) is 13.9. The maximum atomic E-state index is 12.7. The second-order valence-corrected chi connectivity index (χ2v) is 4.81. The van der Waals surface area contributed by atoms with Gasteiger partial charge in [-0.15, -0.1) is 0 Å². The third-order valence-corrected chi connectivity index (χ3v) is 3.41. The van der Waals surface area contributed by atoms with Crippen molar-refractivity contribution >= 4 is 5.91 Å². The van der Waals surface area contributed by atoms with Crippen molar-refractivity contribution < 1.29 is 18.0 Å². The first-order chi connectivity index (χ1) is 8.97. The van der Waals surface area contributed by atoms with Gasteiger partial charge in [0.05, 0.1) is 5.92 Å². The molecule has 6 heteroatoms. The molecule has 1 fully saturated rings. The Labute approximate surface area is 109 Å². The normalized spacial score (nSPS) is 23.9. The SMILES string of the molecule is O=C(N[C@@H]1CCC[C@@H](C(F)(F)F)C1)c1ccncc1. The highest BCUT2D eigenvalue weighted by Crippen LogP contribution is 2.37. The molecule has 0 aromatic carbocycles. The monoisotopic (exact) mass is 272 g/mol. The number of nitrogens with one attached hydrogen (secondary N) is 1. The predicted octanol–water partition coefficient (Wildman–Crippen LogP) is 2.93. The van der Waals surface area contributed by atoms with E-state index in [2.05, 4.69) is 10.3 Å². The van der Waals surface area contributed by atoms with E-state index in [-0.39, 0.29) is 18.7 Å². The molecule has 0 aliphatic heterocycles. The van der Waals surface area contributed by atoms with Crippen LogP contribution in [0.5, 0.6) is 0 Å². The molecular formula is C13H15F3N2O. The Balaban J connectivity index is 1.94. The lowest BCUT2D eigenvalue weighted by Gasteiger charge is -2.31. The van der Waals surface area contributed by atoms with Crippen LogP contribution in [0.25, 0.3) is 0 Å².